The van der Waals surface area contributed by atoms with Gasteiger partial charge in [-0.1, -0.05) is 222 Å². The first-order valence-corrected chi connectivity index (χ1v) is 25.4. The van der Waals surface area contributed by atoms with Gasteiger partial charge in [-0.3, -0.25) is 0 Å². The zero-order valence-electron chi connectivity index (χ0n) is 41.3. The maximum Gasteiger partial charge on any atom is 0.0543 e. The third-order valence-corrected chi connectivity index (χ3v) is 14.5. The molecule has 346 valence electrons. The molecule has 2 nitrogen and oxygen atoms in total. The van der Waals surface area contributed by atoms with Crippen LogP contribution >= 0.6 is 0 Å². The van der Waals surface area contributed by atoms with Crippen molar-refractivity contribution in [1.29, 1.82) is 0 Å². The molecule has 0 amide bonds. The molecular weight excluding hydrogens is 869 g/mol. The van der Waals surface area contributed by atoms with Crippen molar-refractivity contribution >= 4 is 66.4 Å². The first-order valence-electron chi connectivity index (χ1n) is 25.4. The number of rotatable bonds is 12. The highest BCUT2D eigenvalue weighted by Gasteiger charge is 2.28. The molecule has 12 aromatic rings. The molecule has 0 saturated carbocycles. The molecule has 0 N–H and O–H groups in total. The Morgan fingerprint density at radius 1 is 0.250 bits per heavy atom. The molecule has 0 heterocycles. The van der Waals surface area contributed by atoms with Crippen molar-refractivity contribution in [2.24, 2.45) is 0 Å². The van der Waals surface area contributed by atoms with Crippen molar-refractivity contribution in [3.63, 3.8) is 0 Å². The summed E-state index contributed by atoms with van der Waals surface area (Å²) in [5, 5.41) is 7.64. The van der Waals surface area contributed by atoms with Crippen LogP contribution in [0.3, 0.4) is 0 Å². The smallest absolute Gasteiger partial charge is 0.0543 e. The minimum Gasteiger partial charge on any atom is -0.309 e. The maximum absolute atomic E-state index is 2.52. The SMILES string of the molecule is CC(C)c1cc(N(c2ccccc2)c2ccc(-c3ccccc3)cc2-c2ccccc2)c2ccc3c(C(C)C)cc(N(c4ccccc4)c4ccc(-c5ccccc5)cc4-c4ccccc4)c4ccc1c2c34. The summed E-state index contributed by atoms with van der Waals surface area (Å²) in [6, 6.07) is 93.8. The highest BCUT2D eigenvalue weighted by Crippen LogP contribution is 2.53. The number of para-hydroxylation sites is 2. The van der Waals surface area contributed by atoms with Crippen LogP contribution in [0.5, 0.6) is 0 Å². The third-order valence-electron chi connectivity index (χ3n) is 14.5. The van der Waals surface area contributed by atoms with E-state index >= 15 is 0 Å². The van der Waals surface area contributed by atoms with Gasteiger partial charge in [0.2, 0.25) is 0 Å². The van der Waals surface area contributed by atoms with E-state index in [1.54, 1.807) is 0 Å². The quantitative estimate of drug-likeness (QED) is 0.113. The highest BCUT2D eigenvalue weighted by molar-refractivity contribution is 6.29. The van der Waals surface area contributed by atoms with E-state index < -0.39 is 0 Å². The molecule has 0 spiro atoms. The van der Waals surface area contributed by atoms with E-state index in [4.69, 9.17) is 0 Å². The minimum absolute atomic E-state index is 0.251. The molecule has 12 aromatic carbocycles. The Hall–Kier alpha value is -8.72. The summed E-state index contributed by atoms with van der Waals surface area (Å²) in [6.07, 6.45) is 0. The standard InChI is InChI=1S/C70H56N2/c1-47(2)61-45-67(71(55-31-19-9-20-32-55)65-41-35-53(49-23-11-5-12-24-49)43-63(65)51-27-15-7-16-28-51)59-40-38-58-62(48(3)4)46-68(60-39-37-57(61)69(59)70(58)60)72(56-33-21-10-22-34-56)66-42-36-54(50-25-13-6-14-26-50)44-64(66)52-29-17-8-18-30-52/h5-48H,1-4H3. The van der Waals surface area contributed by atoms with Crippen molar-refractivity contribution in [1.82, 2.24) is 0 Å². The van der Waals surface area contributed by atoms with E-state index in [1.165, 1.54) is 88.0 Å². The van der Waals surface area contributed by atoms with Gasteiger partial charge in [-0.25, -0.2) is 0 Å². The predicted molar refractivity (Wildman–Crippen MR) is 309 cm³/mol. The van der Waals surface area contributed by atoms with Crippen molar-refractivity contribution in [2.45, 2.75) is 39.5 Å². The zero-order valence-corrected chi connectivity index (χ0v) is 41.3. The topological polar surface area (TPSA) is 6.48 Å². The number of hydrogen-bond donors (Lipinski definition) is 0. The van der Waals surface area contributed by atoms with Gasteiger partial charge in [-0.15, -0.1) is 0 Å². The number of nitrogens with zero attached hydrogens (tertiary/aromatic N) is 2. The summed E-state index contributed by atoms with van der Waals surface area (Å²) in [5.74, 6) is 0.503. The van der Waals surface area contributed by atoms with Crippen LogP contribution in [0, 0.1) is 0 Å². The summed E-state index contributed by atoms with van der Waals surface area (Å²) >= 11 is 0. The Balaban J connectivity index is 1.17. The van der Waals surface area contributed by atoms with Gasteiger partial charge in [0.25, 0.3) is 0 Å². The maximum atomic E-state index is 2.52. The molecule has 2 heteroatoms. The molecule has 0 unspecified atom stereocenters. The molecular formula is C70H56N2. The summed E-state index contributed by atoms with van der Waals surface area (Å²) in [5.41, 5.74) is 18.9. The average molecular weight is 925 g/mol. The normalized spacial score (nSPS) is 11.6. The second kappa shape index (κ2) is 18.9. The fourth-order valence-electron chi connectivity index (χ4n) is 11.1. The lowest BCUT2D eigenvalue weighted by Gasteiger charge is -2.33. The fourth-order valence-corrected chi connectivity index (χ4v) is 11.1. The fraction of sp³-hybridized carbons (Fsp3) is 0.0857. The zero-order chi connectivity index (χ0) is 48.7. The third kappa shape index (κ3) is 7.96. The molecule has 0 saturated heterocycles. The van der Waals surface area contributed by atoms with E-state index in [2.05, 4.69) is 292 Å². The molecule has 0 aliphatic rings. The highest BCUT2D eigenvalue weighted by atomic mass is 15.2. The average Bonchev–Trinajstić information content (AvgIpc) is 3.44. The lowest BCUT2D eigenvalue weighted by molar-refractivity contribution is 0.875. The van der Waals surface area contributed by atoms with E-state index in [9.17, 15) is 0 Å². The Morgan fingerprint density at radius 3 is 0.889 bits per heavy atom. The minimum atomic E-state index is 0.251. The Bertz CT molecular complexity index is 3570. The van der Waals surface area contributed by atoms with Crippen molar-refractivity contribution < 1.29 is 0 Å². The van der Waals surface area contributed by atoms with Gasteiger partial charge < -0.3 is 9.80 Å². The van der Waals surface area contributed by atoms with Gasteiger partial charge in [0.15, 0.2) is 0 Å². The van der Waals surface area contributed by atoms with Gasteiger partial charge >= 0.3 is 0 Å². The lowest BCUT2D eigenvalue weighted by atomic mass is 9.83. The Labute approximate surface area is 424 Å². The summed E-state index contributed by atoms with van der Waals surface area (Å²) in [6.45, 7) is 9.39. The second-order valence-electron chi connectivity index (χ2n) is 19.6. The van der Waals surface area contributed by atoms with Crippen molar-refractivity contribution in [3.05, 3.63) is 266 Å². The van der Waals surface area contributed by atoms with E-state index in [0.717, 1.165) is 34.1 Å². The molecule has 72 heavy (non-hydrogen) atoms. The van der Waals surface area contributed by atoms with Crippen molar-refractivity contribution in [3.8, 4) is 44.5 Å². The van der Waals surface area contributed by atoms with Gasteiger partial charge in [-0.2, -0.15) is 0 Å². The first-order chi connectivity index (χ1) is 35.4. The lowest BCUT2D eigenvalue weighted by Crippen LogP contribution is -2.14. The summed E-state index contributed by atoms with van der Waals surface area (Å²) < 4.78 is 0. The Kier molecular flexibility index (Phi) is 11.7. The van der Waals surface area contributed by atoms with E-state index in [0.29, 0.717) is 0 Å². The van der Waals surface area contributed by atoms with Crippen molar-refractivity contribution in [2.75, 3.05) is 9.80 Å². The van der Waals surface area contributed by atoms with Gasteiger partial charge in [0.1, 0.15) is 0 Å². The van der Waals surface area contributed by atoms with Gasteiger partial charge in [-0.05, 0) is 139 Å². The molecule has 0 atom stereocenters. The van der Waals surface area contributed by atoms with Crippen LogP contribution in [0.15, 0.2) is 255 Å². The van der Waals surface area contributed by atoms with Gasteiger partial charge in [0.05, 0.1) is 22.7 Å². The summed E-state index contributed by atoms with van der Waals surface area (Å²) in [4.78, 5) is 5.05. The molecule has 12 rings (SSSR count). The Morgan fingerprint density at radius 2 is 0.556 bits per heavy atom. The van der Waals surface area contributed by atoms with Crippen LogP contribution in [0.25, 0.3) is 76.8 Å². The monoisotopic (exact) mass is 924 g/mol. The van der Waals surface area contributed by atoms with Gasteiger partial charge in [0, 0.05) is 33.3 Å². The first kappa shape index (κ1) is 44.5. The largest absolute Gasteiger partial charge is 0.309 e. The molecule has 0 aliphatic carbocycles. The number of hydrogen-bond acceptors (Lipinski definition) is 2. The number of anilines is 6. The molecule has 0 aliphatic heterocycles. The van der Waals surface area contributed by atoms with E-state index in [-0.39, 0.29) is 11.8 Å². The predicted octanol–water partition coefficient (Wildman–Crippen LogP) is 20.4. The van der Waals surface area contributed by atoms with Crippen LogP contribution in [0.2, 0.25) is 0 Å². The molecule has 0 fully saturated rings. The van der Waals surface area contributed by atoms with Crippen LogP contribution in [-0.2, 0) is 0 Å². The second-order valence-corrected chi connectivity index (χ2v) is 19.6. The van der Waals surface area contributed by atoms with E-state index in [1.807, 2.05) is 0 Å². The summed E-state index contributed by atoms with van der Waals surface area (Å²) in [7, 11) is 0. The number of benzene rings is 12. The molecule has 0 bridgehead atoms. The van der Waals surface area contributed by atoms with Crippen LogP contribution in [0.1, 0.15) is 50.7 Å². The van der Waals surface area contributed by atoms with Crippen LogP contribution < -0.4 is 9.80 Å². The van der Waals surface area contributed by atoms with Crippen LogP contribution in [0.4, 0.5) is 34.1 Å². The molecule has 0 radical (unpaired) electrons. The molecule has 0 aromatic heterocycles. The van der Waals surface area contributed by atoms with Crippen LogP contribution in [-0.4, -0.2) is 0 Å².